The maximum atomic E-state index is 2.43. The fourth-order valence-corrected chi connectivity index (χ4v) is 7.88. The summed E-state index contributed by atoms with van der Waals surface area (Å²) in [7, 11) is 0. The van der Waals surface area contributed by atoms with Crippen molar-refractivity contribution < 1.29 is 0 Å². The number of rotatable bonds is 5. The van der Waals surface area contributed by atoms with E-state index in [0.29, 0.717) is 0 Å². The van der Waals surface area contributed by atoms with Gasteiger partial charge in [-0.2, -0.15) is 0 Å². The highest BCUT2D eigenvalue weighted by Gasteiger charge is 2.19. The summed E-state index contributed by atoms with van der Waals surface area (Å²) < 4.78 is 2.64. The van der Waals surface area contributed by atoms with Crippen LogP contribution in [0.1, 0.15) is 0 Å². The SMILES string of the molecule is c1ccc(N(c2ccc(-c3ccc4ccccc4c3)cc2)c2cccc3ccccc23)c(-c2ccc3sc4ccccc4c3c2)c1. The second kappa shape index (κ2) is 11.0. The Morgan fingerprint density at radius 3 is 1.87 bits per heavy atom. The van der Waals surface area contributed by atoms with E-state index in [4.69, 9.17) is 0 Å². The van der Waals surface area contributed by atoms with Crippen LogP contribution < -0.4 is 4.90 Å². The first kappa shape index (κ1) is 26.7. The van der Waals surface area contributed by atoms with E-state index in [1.54, 1.807) is 0 Å². The summed E-state index contributed by atoms with van der Waals surface area (Å²) in [5.74, 6) is 0. The molecule has 0 aliphatic heterocycles. The topological polar surface area (TPSA) is 3.24 Å². The van der Waals surface area contributed by atoms with Crippen molar-refractivity contribution >= 4 is 70.1 Å². The van der Waals surface area contributed by atoms with Gasteiger partial charge >= 0.3 is 0 Å². The Kier molecular flexibility index (Phi) is 6.40. The Labute approximate surface area is 272 Å². The van der Waals surface area contributed by atoms with Crippen molar-refractivity contribution in [2.24, 2.45) is 0 Å². The number of nitrogens with zero attached hydrogens (tertiary/aromatic N) is 1. The van der Waals surface area contributed by atoms with Crippen LogP contribution >= 0.6 is 11.3 Å². The van der Waals surface area contributed by atoms with Crippen molar-refractivity contribution in [3.63, 3.8) is 0 Å². The molecule has 0 aliphatic carbocycles. The molecule has 0 saturated carbocycles. The molecular weight excluding hydrogens is 575 g/mol. The smallest absolute Gasteiger partial charge is 0.0540 e. The van der Waals surface area contributed by atoms with Crippen molar-refractivity contribution in [1.82, 2.24) is 0 Å². The average molecular weight is 604 g/mol. The third-order valence-electron chi connectivity index (χ3n) is 9.05. The van der Waals surface area contributed by atoms with Crippen molar-refractivity contribution in [3.05, 3.63) is 176 Å². The highest BCUT2D eigenvalue weighted by molar-refractivity contribution is 7.25. The summed E-state index contributed by atoms with van der Waals surface area (Å²) in [5.41, 5.74) is 8.27. The van der Waals surface area contributed by atoms with Gasteiger partial charge in [-0.25, -0.2) is 0 Å². The lowest BCUT2D eigenvalue weighted by Crippen LogP contribution is -2.11. The minimum atomic E-state index is 1.12. The van der Waals surface area contributed by atoms with Gasteiger partial charge in [0.25, 0.3) is 0 Å². The van der Waals surface area contributed by atoms with Gasteiger partial charge in [-0.1, -0.05) is 127 Å². The molecule has 0 amide bonds. The Morgan fingerprint density at radius 2 is 0.978 bits per heavy atom. The number of hydrogen-bond acceptors (Lipinski definition) is 2. The van der Waals surface area contributed by atoms with E-state index in [1.165, 1.54) is 64.0 Å². The average Bonchev–Trinajstić information content (AvgIpc) is 3.50. The van der Waals surface area contributed by atoms with Crippen LogP contribution in [0.4, 0.5) is 17.1 Å². The molecule has 46 heavy (non-hydrogen) atoms. The summed E-state index contributed by atoms with van der Waals surface area (Å²) in [4.78, 5) is 2.43. The van der Waals surface area contributed by atoms with Crippen LogP contribution in [-0.2, 0) is 0 Å². The van der Waals surface area contributed by atoms with Gasteiger partial charge in [0.1, 0.15) is 0 Å². The van der Waals surface area contributed by atoms with E-state index in [2.05, 4.69) is 181 Å². The molecule has 1 nitrogen and oxygen atoms in total. The largest absolute Gasteiger partial charge is 0.309 e. The van der Waals surface area contributed by atoms with Crippen LogP contribution in [0.25, 0.3) is 64.0 Å². The molecule has 0 bridgehead atoms. The molecule has 1 aromatic heterocycles. The van der Waals surface area contributed by atoms with E-state index in [9.17, 15) is 0 Å². The molecule has 216 valence electrons. The zero-order chi connectivity index (χ0) is 30.5. The highest BCUT2D eigenvalue weighted by Crippen LogP contribution is 2.45. The number of hydrogen-bond donors (Lipinski definition) is 0. The van der Waals surface area contributed by atoms with Gasteiger partial charge in [0.2, 0.25) is 0 Å². The minimum absolute atomic E-state index is 1.12. The third-order valence-corrected chi connectivity index (χ3v) is 10.2. The number of para-hydroxylation sites is 1. The monoisotopic (exact) mass is 603 g/mol. The lowest BCUT2D eigenvalue weighted by Gasteiger charge is -2.29. The van der Waals surface area contributed by atoms with Crippen LogP contribution in [0.5, 0.6) is 0 Å². The molecule has 9 rings (SSSR count). The molecule has 9 aromatic rings. The Morgan fingerprint density at radius 1 is 0.348 bits per heavy atom. The molecule has 0 aliphatic rings. The van der Waals surface area contributed by atoms with Gasteiger partial charge in [-0.05, 0) is 81.4 Å². The van der Waals surface area contributed by atoms with E-state index in [-0.39, 0.29) is 0 Å². The number of benzene rings is 8. The predicted molar refractivity (Wildman–Crippen MR) is 200 cm³/mol. The van der Waals surface area contributed by atoms with Crippen molar-refractivity contribution in [2.75, 3.05) is 4.90 Å². The van der Waals surface area contributed by atoms with Crippen LogP contribution in [0.15, 0.2) is 176 Å². The van der Waals surface area contributed by atoms with E-state index in [1.807, 2.05) is 11.3 Å². The van der Waals surface area contributed by atoms with Crippen molar-refractivity contribution in [3.8, 4) is 22.3 Å². The highest BCUT2D eigenvalue weighted by atomic mass is 32.1. The van der Waals surface area contributed by atoms with Gasteiger partial charge in [-0.3, -0.25) is 0 Å². The second-order valence-electron chi connectivity index (χ2n) is 11.8. The van der Waals surface area contributed by atoms with Crippen LogP contribution in [0, 0.1) is 0 Å². The lowest BCUT2D eigenvalue weighted by atomic mass is 9.98. The van der Waals surface area contributed by atoms with Gasteiger partial charge in [0, 0.05) is 36.8 Å². The fraction of sp³-hybridized carbons (Fsp3) is 0. The molecule has 0 radical (unpaired) electrons. The van der Waals surface area contributed by atoms with Gasteiger partial charge in [-0.15, -0.1) is 11.3 Å². The van der Waals surface area contributed by atoms with Gasteiger partial charge < -0.3 is 4.90 Å². The first-order valence-corrected chi connectivity index (χ1v) is 16.5. The summed E-state index contributed by atoms with van der Waals surface area (Å²) in [5, 5.41) is 7.58. The molecule has 0 atom stereocenters. The molecule has 0 fully saturated rings. The summed E-state index contributed by atoms with van der Waals surface area (Å²) in [6, 6.07) is 64.1. The summed E-state index contributed by atoms with van der Waals surface area (Å²) in [6.45, 7) is 0. The zero-order valence-electron chi connectivity index (χ0n) is 25.1. The second-order valence-corrected chi connectivity index (χ2v) is 12.9. The minimum Gasteiger partial charge on any atom is -0.309 e. The Bertz CT molecular complexity index is 2530. The van der Waals surface area contributed by atoms with Crippen LogP contribution in [0.2, 0.25) is 0 Å². The molecule has 0 saturated heterocycles. The predicted octanol–water partition coefficient (Wildman–Crippen LogP) is 13.2. The Hall–Kier alpha value is -5.70. The summed E-state index contributed by atoms with van der Waals surface area (Å²) in [6.07, 6.45) is 0. The van der Waals surface area contributed by atoms with Crippen LogP contribution in [0.3, 0.4) is 0 Å². The normalized spacial score (nSPS) is 11.5. The number of fused-ring (bicyclic) bond motifs is 5. The first-order valence-electron chi connectivity index (χ1n) is 15.7. The standard InChI is InChI=1S/C44H29NS/c1-2-12-33-28-34(21-20-30(33)10-1)31-22-25-36(26-23-31)45(42-18-9-13-32-11-3-4-14-37(32)42)41-17-7-5-15-38(41)35-24-27-44-40(29-35)39-16-6-8-19-43(39)46-44/h1-29H. The molecule has 2 heteroatoms. The van der Waals surface area contributed by atoms with Crippen molar-refractivity contribution in [2.45, 2.75) is 0 Å². The molecule has 8 aromatic carbocycles. The lowest BCUT2D eigenvalue weighted by molar-refractivity contribution is 1.30. The Balaban J connectivity index is 1.22. The van der Waals surface area contributed by atoms with E-state index < -0.39 is 0 Å². The molecule has 0 spiro atoms. The molecule has 1 heterocycles. The molecule has 0 unspecified atom stereocenters. The first-order chi connectivity index (χ1) is 22.8. The summed E-state index contributed by atoms with van der Waals surface area (Å²) >= 11 is 1.86. The van der Waals surface area contributed by atoms with Gasteiger partial charge in [0.05, 0.1) is 11.4 Å². The molecule has 0 N–H and O–H groups in total. The molecular formula is C44H29NS. The fourth-order valence-electron chi connectivity index (χ4n) is 6.79. The van der Waals surface area contributed by atoms with Crippen LogP contribution in [-0.4, -0.2) is 0 Å². The van der Waals surface area contributed by atoms with E-state index in [0.717, 1.165) is 17.1 Å². The van der Waals surface area contributed by atoms with Gasteiger partial charge in [0.15, 0.2) is 0 Å². The quantitative estimate of drug-likeness (QED) is 0.189. The number of thiophene rings is 1. The number of anilines is 3. The third kappa shape index (κ3) is 4.54. The zero-order valence-corrected chi connectivity index (χ0v) is 25.9. The van der Waals surface area contributed by atoms with Crippen molar-refractivity contribution in [1.29, 1.82) is 0 Å². The maximum absolute atomic E-state index is 2.43. The van der Waals surface area contributed by atoms with E-state index >= 15 is 0 Å². The maximum Gasteiger partial charge on any atom is 0.0540 e.